The van der Waals surface area contributed by atoms with Crippen LogP contribution in [0.15, 0.2) is 24.3 Å². The van der Waals surface area contributed by atoms with Crippen LogP contribution >= 0.6 is 11.6 Å². The number of carbonyl (C=O) groups is 2. The zero-order valence-corrected chi connectivity index (χ0v) is 15.1. The zero-order chi connectivity index (χ0) is 17.4. The Hall–Kier alpha value is -1.55. The van der Waals surface area contributed by atoms with Gasteiger partial charge in [-0.15, -0.1) is 0 Å². The minimum Gasteiger partial charge on any atom is -0.350 e. The summed E-state index contributed by atoms with van der Waals surface area (Å²) in [4.78, 5) is 24.9. The van der Waals surface area contributed by atoms with Gasteiger partial charge in [0.15, 0.2) is 0 Å². The molecule has 1 aromatic rings. The molecule has 5 rings (SSSR count). The Labute approximate surface area is 153 Å². The molecule has 4 saturated carbocycles. The van der Waals surface area contributed by atoms with E-state index in [-0.39, 0.29) is 23.8 Å². The SMILES string of the molecule is O=C(CNC(=O)C12CC3CC(CC(C3)C1)C2)NCc1ccc(Cl)cc1. The highest BCUT2D eigenvalue weighted by Crippen LogP contribution is 2.60. The van der Waals surface area contributed by atoms with Crippen LogP contribution in [0.3, 0.4) is 0 Å². The minimum atomic E-state index is -0.189. The average molecular weight is 361 g/mol. The van der Waals surface area contributed by atoms with Crippen LogP contribution < -0.4 is 10.6 Å². The Kier molecular flexibility index (Phi) is 4.48. The molecule has 0 aliphatic heterocycles. The van der Waals surface area contributed by atoms with E-state index in [2.05, 4.69) is 10.6 Å². The second kappa shape index (κ2) is 6.64. The highest BCUT2D eigenvalue weighted by atomic mass is 35.5. The van der Waals surface area contributed by atoms with Gasteiger partial charge < -0.3 is 10.6 Å². The molecule has 2 N–H and O–H groups in total. The third kappa shape index (κ3) is 3.55. The van der Waals surface area contributed by atoms with E-state index >= 15 is 0 Å². The van der Waals surface area contributed by atoms with Crippen molar-refractivity contribution in [1.82, 2.24) is 10.6 Å². The standard InChI is InChI=1S/C20H25ClN2O2/c21-17-3-1-13(2-4-17)11-22-18(24)12-23-19(25)20-8-14-5-15(9-20)7-16(6-14)10-20/h1-4,14-16H,5-12H2,(H,22,24)(H,23,25). The van der Waals surface area contributed by atoms with Gasteiger partial charge in [-0.05, 0) is 74.0 Å². The number of halogens is 1. The number of hydrogen-bond donors (Lipinski definition) is 2. The summed E-state index contributed by atoms with van der Waals surface area (Å²) in [6.45, 7) is 0.511. The quantitative estimate of drug-likeness (QED) is 0.846. The number of rotatable bonds is 5. The van der Waals surface area contributed by atoms with Crippen LogP contribution in [-0.4, -0.2) is 18.4 Å². The van der Waals surface area contributed by atoms with E-state index in [0.29, 0.717) is 11.6 Å². The van der Waals surface area contributed by atoms with E-state index in [9.17, 15) is 9.59 Å². The van der Waals surface area contributed by atoms with Crippen molar-refractivity contribution in [3.05, 3.63) is 34.9 Å². The molecule has 1 aromatic carbocycles. The van der Waals surface area contributed by atoms with Gasteiger partial charge in [-0.2, -0.15) is 0 Å². The normalized spacial score (nSPS) is 32.4. The third-order valence-corrected chi connectivity index (χ3v) is 6.58. The molecule has 5 heteroatoms. The number of amides is 2. The Morgan fingerprint density at radius 2 is 1.52 bits per heavy atom. The first-order valence-corrected chi connectivity index (χ1v) is 9.70. The van der Waals surface area contributed by atoms with E-state index in [1.807, 2.05) is 12.1 Å². The monoisotopic (exact) mass is 360 g/mol. The van der Waals surface area contributed by atoms with Crippen LogP contribution in [0.5, 0.6) is 0 Å². The van der Waals surface area contributed by atoms with Crippen molar-refractivity contribution < 1.29 is 9.59 Å². The first-order chi connectivity index (χ1) is 12.0. The number of benzene rings is 1. The molecule has 0 radical (unpaired) electrons. The molecule has 0 spiro atoms. The summed E-state index contributed by atoms with van der Waals surface area (Å²) in [6, 6.07) is 7.38. The summed E-state index contributed by atoms with van der Waals surface area (Å²) >= 11 is 5.85. The van der Waals surface area contributed by atoms with Crippen molar-refractivity contribution in [2.24, 2.45) is 23.2 Å². The van der Waals surface area contributed by atoms with Gasteiger partial charge in [0.1, 0.15) is 0 Å². The van der Waals surface area contributed by atoms with Crippen molar-refractivity contribution in [3.8, 4) is 0 Å². The first kappa shape index (κ1) is 16.9. The molecule has 4 fully saturated rings. The van der Waals surface area contributed by atoms with Gasteiger partial charge in [0.05, 0.1) is 6.54 Å². The smallest absolute Gasteiger partial charge is 0.239 e. The molecule has 4 nitrogen and oxygen atoms in total. The topological polar surface area (TPSA) is 58.2 Å². The van der Waals surface area contributed by atoms with Gasteiger partial charge in [-0.1, -0.05) is 23.7 Å². The lowest BCUT2D eigenvalue weighted by molar-refractivity contribution is -0.147. The second-order valence-corrected chi connectivity index (χ2v) is 8.72. The van der Waals surface area contributed by atoms with E-state index in [1.54, 1.807) is 12.1 Å². The second-order valence-electron chi connectivity index (χ2n) is 8.28. The predicted molar refractivity (Wildman–Crippen MR) is 96.9 cm³/mol. The highest BCUT2D eigenvalue weighted by Gasteiger charge is 2.54. The predicted octanol–water partition coefficient (Wildman–Crippen LogP) is 3.29. The van der Waals surface area contributed by atoms with Crippen LogP contribution in [0.2, 0.25) is 5.02 Å². The summed E-state index contributed by atoms with van der Waals surface area (Å²) in [6.07, 6.45) is 7.02. The molecule has 134 valence electrons. The number of carbonyl (C=O) groups excluding carboxylic acids is 2. The summed E-state index contributed by atoms with van der Waals surface area (Å²) in [5.41, 5.74) is 0.802. The number of nitrogens with one attached hydrogen (secondary N) is 2. The summed E-state index contributed by atoms with van der Waals surface area (Å²) in [5, 5.41) is 6.44. The van der Waals surface area contributed by atoms with Crippen LogP contribution in [0.25, 0.3) is 0 Å². The molecular weight excluding hydrogens is 336 g/mol. The molecule has 4 aliphatic rings. The molecule has 0 unspecified atom stereocenters. The van der Waals surface area contributed by atoms with Crippen LogP contribution in [0, 0.1) is 23.2 Å². The van der Waals surface area contributed by atoms with Crippen LogP contribution in [0.4, 0.5) is 0 Å². The van der Waals surface area contributed by atoms with Crippen molar-refractivity contribution in [2.45, 2.75) is 45.1 Å². The van der Waals surface area contributed by atoms with Gasteiger partial charge in [0, 0.05) is 17.0 Å². The molecule has 4 aliphatic carbocycles. The maximum atomic E-state index is 12.8. The maximum absolute atomic E-state index is 12.8. The van der Waals surface area contributed by atoms with E-state index < -0.39 is 0 Å². The lowest BCUT2D eigenvalue weighted by Crippen LogP contribution is -2.54. The fourth-order valence-corrected chi connectivity index (χ4v) is 5.73. The molecule has 2 amide bonds. The molecule has 4 bridgehead atoms. The van der Waals surface area contributed by atoms with E-state index in [1.165, 1.54) is 19.3 Å². The largest absolute Gasteiger partial charge is 0.350 e. The maximum Gasteiger partial charge on any atom is 0.239 e. The first-order valence-electron chi connectivity index (χ1n) is 9.32. The molecule has 0 atom stereocenters. The summed E-state index contributed by atoms with van der Waals surface area (Å²) < 4.78 is 0. The molecule has 0 heterocycles. The average Bonchev–Trinajstić information content (AvgIpc) is 2.58. The van der Waals surface area contributed by atoms with Gasteiger partial charge in [-0.3, -0.25) is 9.59 Å². The van der Waals surface area contributed by atoms with Crippen LogP contribution in [-0.2, 0) is 16.1 Å². The van der Waals surface area contributed by atoms with E-state index in [4.69, 9.17) is 11.6 Å². The zero-order valence-electron chi connectivity index (χ0n) is 14.4. The molecule has 0 aromatic heterocycles. The minimum absolute atomic E-state index is 0.0637. The summed E-state index contributed by atoms with van der Waals surface area (Å²) in [7, 11) is 0. The van der Waals surface area contributed by atoms with Crippen molar-refractivity contribution in [3.63, 3.8) is 0 Å². The number of hydrogen-bond acceptors (Lipinski definition) is 2. The van der Waals surface area contributed by atoms with Gasteiger partial charge in [-0.25, -0.2) is 0 Å². The Balaban J connectivity index is 1.27. The van der Waals surface area contributed by atoms with Crippen molar-refractivity contribution in [1.29, 1.82) is 0 Å². The molecular formula is C20H25ClN2O2. The molecule has 0 saturated heterocycles. The third-order valence-electron chi connectivity index (χ3n) is 6.33. The van der Waals surface area contributed by atoms with Crippen molar-refractivity contribution >= 4 is 23.4 Å². The van der Waals surface area contributed by atoms with Gasteiger partial charge in [0.2, 0.25) is 11.8 Å². The van der Waals surface area contributed by atoms with E-state index in [0.717, 1.165) is 42.6 Å². The van der Waals surface area contributed by atoms with Gasteiger partial charge in [0.25, 0.3) is 0 Å². The molecule has 25 heavy (non-hydrogen) atoms. The highest BCUT2D eigenvalue weighted by molar-refractivity contribution is 6.30. The van der Waals surface area contributed by atoms with Crippen LogP contribution in [0.1, 0.15) is 44.1 Å². The fraction of sp³-hybridized carbons (Fsp3) is 0.600. The van der Waals surface area contributed by atoms with Gasteiger partial charge >= 0.3 is 0 Å². The lowest BCUT2D eigenvalue weighted by atomic mass is 9.49. The Bertz CT molecular complexity index is 635. The fourth-order valence-electron chi connectivity index (χ4n) is 5.60. The Morgan fingerprint density at radius 1 is 0.960 bits per heavy atom. The summed E-state index contributed by atoms with van der Waals surface area (Å²) in [5.74, 6) is 2.16. The lowest BCUT2D eigenvalue weighted by Gasteiger charge is -2.55. The Morgan fingerprint density at radius 3 is 2.08 bits per heavy atom. The van der Waals surface area contributed by atoms with Crippen molar-refractivity contribution in [2.75, 3.05) is 6.54 Å².